The van der Waals surface area contributed by atoms with E-state index in [0.29, 0.717) is 0 Å². The predicted molar refractivity (Wildman–Crippen MR) is 37.4 cm³/mol. The van der Waals surface area contributed by atoms with Crippen molar-refractivity contribution in [2.45, 2.75) is 37.8 Å². The monoisotopic (exact) mass is 162 g/mol. The van der Waals surface area contributed by atoms with Crippen LogP contribution in [0.25, 0.3) is 0 Å². The Hall–Kier alpha value is -0.160. The fourth-order valence-corrected chi connectivity index (χ4v) is 1.79. The molecule has 0 unspecified atom stereocenters. The van der Waals surface area contributed by atoms with Crippen LogP contribution in [-0.2, 0) is 0 Å². The second-order valence-electron chi connectivity index (χ2n) is 3.66. The van der Waals surface area contributed by atoms with Gasteiger partial charge < -0.3 is 20.4 Å². The molecule has 0 heterocycles. The summed E-state index contributed by atoms with van der Waals surface area (Å²) in [4.78, 5) is 0. The van der Waals surface area contributed by atoms with Crippen molar-refractivity contribution < 1.29 is 20.4 Å². The van der Waals surface area contributed by atoms with Crippen LogP contribution in [0.1, 0.15) is 26.2 Å². The van der Waals surface area contributed by atoms with Crippen molar-refractivity contribution in [1.82, 2.24) is 0 Å². The zero-order valence-electron chi connectivity index (χ0n) is 6.49. The van der Waals surface area contributed by atoms with Gasteiger partial charge in [-0.05, 0) is 5.92 Å². The fraction of sp³-hybridized carbons (Fsp3) is 1.00. The van der Waals surface area contributed by atoms with Gasteiger partial charge in [0.25, 0.3) is 0 Å². The Kier molecular flexibility index (Phi) is 1.96. The summed E-state index contributed by atoms with van der Waals surface area (Å²) in [6.45, 7) is 1.75. The lowest BCUT2D eigenvalue weighted by Crippen LogP contribution is -2.48. The highest BCUT2D eigenvalue weighted by Gasteiger charge is 2.43. The van der Waals surface area contributed by atoms with Gasteiger partial charge in [0.1, 0.15) is 0 Å². The van der Waals surface area contributed by atoms with Crippen molar-refractivity contribution in [3.05, 3.63) is 0 Å². The third kappa shape index (κ3) is 2.41. The number of hydrogen-bond donors (Lipinski definition) is 4. The van der Waals surface area contributed by atoms with Gasteiger partial charge in [0, 0.05) is 12.8 Å². The molecule has 0 spiro atoms. The SMILES string of the molecule is CC1CC(O)(O)CC(O)(O)C1. The molecule has 4 N–H and O–H groups in total. The summed E-state index contributed by atoms with van der Waals surface area (Å²) in [5, 5.41) is 36.5. The lowest BCUT2D eigenvalue weighted by atomic mass is 9.82. The lowest BCUT2D eigenvalue weighted by molar-refractivity contribution is -0.289. The third-order valence-corrected chi connectivity index (χ3v) is 1.92. The van der Waals surface area contributed by atoms with Crippen molar-refractivity contribution in [2.24, 2.45) is 5.92 Å². The normalized spacial score (nSPS) is 30.3. The first kappa shape index (κ1) is 8.93. The summed E-state index contributed by atoms with van der Waals surface area (Å²) < 4.78 is 0. The molecule has 0 aromatic heterocycles. The zero-order valence-corrected chi connectivity index (χ0v) is 6.49. The maximum absolute atomic E-state index is 9.12. The minimum Gasteiger partial charge on any atom is -0.365 e. The molecule has 0 radical (unpaired) electrons. The van der Waals surface area contributed by atoms with Crippen LogP contribution in [-0.4, -0.2) is 32.0 Å². The Balaban J connectivity index is 2.66. The highest BCUT2D eigenvalue weighted by atomic mass is 16.5. The van der Waals surface area contributed by atoms with Crippen LogP contribution in [0.2, 0.25) is 0 Å². The van der Waals surface area contributed by atoms with Crippen LogP contribution in [0.4, 0.5) is 0 Å². The Morgan fingerprint density at radius 2 is 1.36 bits per heavy atom. The molecule has 4 nitrogen and oxygen atoms in total. The largest absolute Gasteiger partial charge is 0.365 e. The minimum absolute atomic E-state index is 0.0752. The second kappa shape index (κ2) is 2.42. The molecule has 1 aliphatic rings. The first-order valence-corrected chi connectivity index (χ1v) is 3.70. The molecule has 0 aromatic rings. The summed E-state index contributed by atoms with van der Waals surface area (Å²) in [6.07, 6.45) is 0.0239. The van der Waals surface area contributed by atoms with Gasteiger partial charge in [-0.2, -0.15) is 0 Å². The molecule has 4 heteroatoms. The average molecular weight is 162 g/mol. The van der Waals surface area contributed by atoms with Gasteiger partial charge >= 0.3 is 0 Å². The first-order valence-electron chi connectivity index (χ1n) is 3.70. The van der Waals surface area contributed by atoms with E-state index < -0.39 is 11.6 Å². The van der Waals surface area contributed by atoms with Gasteiger partial charge in [-0.3, -0.25) is 0 Å². The van der Waals surface area contributed by atoms with Crippen LogP contribution in [0.3, 0.4) is 0 Å². The Morgan fingerprint density at radius 3 is 1.64 bits per heavy atom. The van der Waals surface area contributed by atoms with Gasteiger partial charge in [-0.25, -0.2) is 0 Å². The smallest absolute Gasteiger partial charge is 0.167 e. The topological polar surface area (TPSA) is 80.9 Å². The van der Waals surface area contributed by atoms with Crippen molar-refractivity contribution in [2.75, 3.05) is 0 Å². The van der Waals surface area contributed by atoms with Gasteiger partial charge in [-0.1, -0.05) is 6.92 Å². The van der Waals surface area contributed by atoms with E-state index >= 15 is 0 Å². The van der Waals surface area contributed by atoms with E-state index in [1.165, 1.54) is 0 Å². The van der Waals surface area contributed by atoms with E-state index in [9.17, 15) is 0 Å². The zero-order chi connectivity index (χ0) is 8.70. The third-order valence-electron chi connectivity index (χ3n) is 1.92. The molecule has 1 saturated carbocycles. The van der Waals surface area contributed by atoms with Crippen LogP contribution >= 0.6 is 0 Å². The lowest BCUT2D eigenvalue weighted by Gasteiger charge is -2.38. The van der Waals surface area contributed by atoms with E-state index in [0.717, 1.165) is 0 Å². The summed E-state index contributed by atoms with van der Waals surface area (Å²) in [5.41, 5.74) is 0. The molecule has 0 aromatic carbocycles. The highest BCUT2D eigenvalue weighted by molar-refractivity contribution is 4.84. The number of rotatable bonds is 0. The minimum atomic E-state index is -1.92. The van der Waals surface area contributed by atoms with Crippen molar-refractivity contribution in [3.63, 3.8) is 0 Å². The molecule has 11 heavy (non-hydrogen) atoms. The molecule has 0 saturated heterocycles. The van der Waals surface area contributed by atoms with Crippen molar-refractivity contribution >= 4 is 0 Å². The summed E-state index contributed by atoms with van der Waals surface area (Å²) in [5.74, 6) is -3.91. The Morgan fingerprint density at radius 1 is 1.00 bits per heavy atom. The quantitative estimate of drug-likeness (QED) is 0.350. The summed E-state index contributed by atoms with van der Waals surface area (Å²) >= 11 is 0. The highest BCUT2D eigenvalue weighted by Crippen LogP contribution is 2.35. The summed E-state index contributed by atoms with van der Waals surface area (Å²) in [7, 11) is 0. The van der Waals surface area contributed by atoms with Gasteiger partial charge in [-0.15, -0.1) is 0 Å². The van der Waals surface area contributed by atoms with Crippen LogP contribution in [0, 0.1) is 5.92 Å². The Bertz CT molecular complexity index is 137. The molecule has 1 rings (SSSR count). The van der Waals surface area contributed by atoms with Gasteiger partial charge in [0.2, 0.25) is 0 Å². The first-order chi connectivity index (χ1) is 4.81. The van der Waals surface area contributed by atoms with E-state index in [-0.39, 0.29) is 25.2 Å². The molecule has 0 bridgehead atoms. The average Bonchev–Trinajstić information content (AvgIpc) is 1.49. The van der Waals surface area contributed by atoms with E-state index in [1.54, 1.807) is 6.92 Å². The second-order valence-corrected chi connectivity index (χ2v) is 3.66. The molecule has 0 amide bonds. The van der Waals surface area contributed by atoms with E-state index in [1.807, 2.05) is 0 Å². The standard InChI is InChI=1S/C7H14O4/c1-5-2-6(8,9)4-7(10,11)3-5/h5,8-11H,2-4H2,1H3. The molecule has 66 valence electrons. The maximum Gasteiger partial charge on any atom is 0.167 e. The molecular formula is C7H14O4. The van der Waals surface area contributed by atoms with Crippen LogP contribution < -0.4 is 0 Å². The Labute approximate surface area is 65.1 Å². The molecule has 1 fully saturated rings. The van der Waals surface area contributed by atoms with Crippen molar-refractivity contribution in [1.29, 1.82) is 0 Å². The van der Waals surface area contributed by atoms with Crippen LogP contribution in [0.15, 0.2) is 0 Å². The molecular weight excluding hydrogens is 148 g/mol. The molecule has 1 aliphatic carbocycles. The summed E-state index contributed by atoms with van der Waals surface area (Å²) in [6, 6.07) is 0. The fourth-order valence-electron chi connectivity index (χ4n) is 1.79. The predicted octanol–water partition coefficient (Wildman–Crippen LogP) is -0.832. The number of hydrogen-bond acceptors (Lipinski definition) is 4. The van der Waals surface area contributed by atoms with Crippen LogP contribution in [0.5, 0.6) is 0 Å². The number of aliphatic hydroxyl groups is 4. The molecule has 0 atom stereocenters. The van der Waals surface area contributed by atoms with E-state index in [2.05, 4.69) is 0 Å². The molecule has 0 aliphatic heterocycles. The maximum atomic E-state index is 9.12. The van der Waals surface area contributed by atoms with E-state index in [4.69, 9.17) is 20.4 Å². The van der Waals surface area contributed by atoms with Crippen molar-refractivity contribution in [3.8, 4) is 0 Å². The van der Waals surface area contributed by atoms with Gasteiger partial charge in [0.15, 0.2) is 11.6 Å². The van der Waals surface area contributed by atoms with Gasteiger partial charge in [0.05, 0.1) is 6.42 Å².